The van der Waals surface area contributed by atoms with Crippen molar-refractivity contribution in [2.75, 3.05) is 7.11 Å². The first-order valence-electron chi connectivity index (χ1n) is 7.47. The van der Waals surface area contributed by atoms with Gasteiger partial charge in [0.25, 0.3) is 0 Å². The lowest BCUT2D eigenvalue weighted by atomic mass is 9.99. The molecule has 0 N–H and O–H groups in total. The van der Waals surface area contributed by atoms with E-state index in [1.54, 1.807) is 7.11 Å². The van der Waals surface area contributed by atoms with Gasteiger partial charge >= 0.3 is 0 Å². The SMILES string of the molecule is COC(=CC[C@H](C)CCC=C(C)C)c1ccc(C)cc1. The zero-order valence-electron chi connectivity index (χ0n) is 13.6. The molecule has 0 saturated heterocycles. The molecular weight excluding hydrogens is 244 g/mol. The van der Waals surface area contributed by atoms with Crippen LogP contribution in [0.1, 0.15) is 51.2 Å². The molecule has 1 rings (SSSR count). The van der Waals surface area contributed by atoms with E-state index in [4.69, 9.17) is 4.74 Å². The van der Waals surface area contributed by atoms with Crippen LogP contribution in [0.15, 0.2) is 42.0 Å². The van der Waals surface area contributed by atoms with Crippen molar-refractivity contribution in [1.82, 2.24) is 0 Å². The highest BCUT2D eigenvalue weighted by atomic mass is 16.5. The van der Waals surface area contributed by atoms with Crippen LogP contribution in [-0.2, 0) is 4.74 Å². The van der Waals surface area contributed by atoms with Gasteiger partial charge in [0.2, 0.25) is 0 Å². The highest BCUT2D eigenvalue weighted by Gasteiger charge is 2.04. The van der Waals surface area contributed by atoms with E-state index in [2.05, 4.69) is 64.1 Å². The minimum absolute atomic E-state index is 0.682. The number of hydrogen-bond donors (Lipinski definition) is 0. The molecule has 0 radical (unpaired) electrons. The highest BCUT2D eigenvalue weighted by Crippen LogP contribution is 2.20. The number of aryl methyl sites for hydroxylation is 1. The summed E-state index contributed by atoms with van der Waals surface area (Å²) in [6.07, 6.45) is 8.00. The van der Waals surface area contributed by atoms with Crippen LogP contribution in [0.5, 0.6) is 0 Å². The molecule has 0 fully saturated rings. The van der Waals surface area contributed by atoms with Gasteiger partial charge in [-0.1, -0.05) is 48.4 Å². The number of methoxy groups -OCH3 is 1. The van der Waals surface area contributed by atoms with E-state index in [1.165, 1.54) is 24.0 Å². The van der Waals surface area contributed by atoms with Crippen LogP contribution < -0.4 is 0 Å². The maximum Gasteiger partial charge on any atom is 0.122 e. The van der Waals surface area contributed by atoms with Crippen molar-refractivity contribution < 1.29 is 4.74 Å². The van der Waals surface area contributed by atoms with Crippen molar-refractivity contribution in [1.29, 1.82) is 0 Å². The minimum atomic E-state index is 0.682. The van der Waals surface area contributed by atoms with Gasteiger partial charge in [0.15, 0.2) is 0 Å². The Morgan fingerprint density at radius 3 is 2.35 bits per heavy atom. The Balaban J connectivity index is 2.57. The Hall–Kier alpha value is -1.50. The van der Waals surface area contributed by atoms with Crippen molar-refractivity contribution in [2.45, 2.75) is 47.0 Å². The van der Waals surface area contributed by atoms with Gasteiger partial charge in [-0.2, -0.15) is 0 Å². The van der Waals surface area contributed by atoms with Gasteiger partial charge in [-0.15, -0.1) is 0 Å². The molecule has 0 bridgehead atoms. The standard InChI is InChI=1S/C19H28O/c1-15(2)7-6-8-16(3)11-14-19(20-5)18-12-9-17(4)10-13-18/h7,9-10,12-14,16H,6,8,11H2,1-5H3/t16-/m1/s1. The van der Waals surface area contributed by atoms with E-state index in [0.717, 1.165) is 17.7 Å². The minimum Gasteiger partial charge on any atom is -0.496 e. The molecule has 0 spiro atoms. The first-order valence-corrected chi connectivity index (χ1v) is 7.47. The Morgan fingerprint density at radius 2 is 1.80 bits per heavy atom. The average molecular weight is 272 g/mol. The third kappa shape index (κ3) is 6.10. The second-order valence-electron chi connectivity index (χ2n) is 5.84. The summed E-state index contributed by atoms with van der Waals surface area (Å²) >= 11 is 0. The summed E-state index contributed by atoms with van der Waals surface area (Å²) in [6, 6.07) is 8.50. The summed E-state index contributed by atoms with van der Waals surface area (Å²) in [4.78, 5) is 0. The van der Waals surface area contributed by atoms with Gasteiger partial charge in [-0.25, -0.2) is 0 Å². The number of allylic oxidation sites excluding steroid dienone is 3. The fourth-order valence-corrected chi connectivity index (χ4v) is 2.12. The van der Waals surface area contributed by atoms with Crippen LogP contribution in [-0.4, -0.2) is 7.11 Å². The van der Waals surface area contributed by atoms with Gasteiger partial charge in [0.1, 0.15) is 5.76 Å². The molecule has 0 heterocycles. The molecule has 1 heteroatoms. The van der Waals surface area contributed by atoms with Crippen molar-refractivity contribution in [3.63, 3.8) is 0 Å². The van der Waals surface area contributed by atoms with Crippen LogP contribution in [0.3, 0.4) is 0 Å². The molecule has 1 aromatic rings. The van der Waals surface area contributed by atoms with E-state index in [-0.39, 0.29) is 0 Å². The third-order valence-corrected chi connectivity index (χ3v) is 3.47. The van der Waals surface area contributed by atoms with E-state index in [1.807, 2.05) is 0 Å². The highest BCUT2D eigenvalue weighted by molar-refractivity contribution is 5.59. The topological polar surface area (TPSA) is 9.23 Å². The number of ether oxygens (including phenoxy) is 1. The molecule has 20 heavy (non-hydrogen) atoms. The first-order chi connectivity index (χ1) is 9.52. The molecule has 0 aliphatic carbocycles. The van der Waals surface area contributed by atoms with Gasteiger partial charge in [0, 0.05) is 5.56 Å². The third-order valence-electron chi connectivity index (χ3n) is 3.47. The maximum atomic E-state index is 5.52. The second-order valence-corrected chi connectivity index (χ2v) is 5.84. The monoisotopic (exact) mass is 272 g/mol. The maximum absolute atomic E-state index is 5.52. The molecule has 1 aromatic carbocycles. The van der Waals surface area contributed by atoms with Crippen LogP contribution in [0.25, 0.3) is 5.76 Å². The molecule has 0 amide bonds. The average Bonchev–Trinajstić information content (AvgIpc) is 2.41. The van der Waals surface area contributed by atoms with Crippen molar-refractivity contribution in [3.05, 3.63) is 53.1 Å². The summed E-state index contributed by atoms with van der Waals surface area (Å²) in [6.45, 7) is 8.72. The van der Waals surface area contributed by atoms with Gasteiger partial charge < -0.3 is 4.74 Å². The lowest BCUT2D eigenvalue weighted by Gasteiger charge is -2.10. The summed E-state index contributed by atoms with van der Waals surface area (Å²) in [5.41, 5.74) is 3.85. The fourth-order valence-electron chi connectivity index (χ4n) is 2.12. The predicted octanol–water partition coefficient (Wildman–Crippen LogP) is 5.75. The quantitative estimate of drug-likeness (QED) is 0.453. The smallest absolute Gasteiger partial charge is 0.122 e. The lowest BCUT2D eigenvalue weighted by Crippen LogP contribution is -1.94. The molecule has 0 saturated carbocycles. The summed E-state index contributed by atoms with van der Waals surface area (Å²) in [5.74, 6) is 1.67. The molecule has 0 aliphatic heterocycles. The zero-order chi connectivity index (χ0) is 15.0. The molecule has 0 aromatic heterocycles. The Morgan fingerprint density at radius 1 is 1.15 bits per heavy atom. The lowest BCUT2D eigenvalue weighted by molar-refractivity contribution is 0.367. The number of hydrogen-bond acceptors (Lipinski definition) is 1. The Labute approximate surface area is 124 Å². The molecule has 0 unspecified atom stereocenters. The van der Waals surface area contributed by atoms with Gasteiger partial charge in [-0.05, 0) is 52.0 Å². The van der Waals surface area contributed by atoms with Gasteiger partial charge in [0.05, 0.1) is 7.11 Å². The van der Waals surface area contributed by atoms with Crippen molar-refractivity contribution in [3.8, 4) is 0 Å². The Bertz CT molecular complexity index is 447. The Kier molecular flexibility index (Phi) is 7.14. The summed E-state index contributed by atoms with van der Waals surface area (Å²) in [5, 5.41) is 0. The van der Waals surface area contributed by atoms with E-state index >= 15 is 0 Å². The van der Waals surface area contributed by atoms with Gasteiger partial charge in [-0.3, -0.25) is 0 Å². The van der Waals surface area contributed by atoms with E-state index < -0.39 is 0 Å². The van der Waals surface area contributed by atoms with E-state index in [0.29, 0.717) is 5.92 Å². The normalized spacial score (nSPS) is 12.9. The van der Waals surface area contributed by atoms with Crippen LogP contribution in [0.2, 0.25) is 0 Å². The molecule has 1 nitrogen and oxygen atoms in total. The van der Waals surface area contributed by atoms with E-state index in [9.17, 15) is 0 Å². The first kappa shape index (κ1) is 16.6. The summed E-state index contributed by atoms with van der Waals surface area (Å²) < 4.78 is 5.52. The second kappa shape index (κ2) is 8.63. The zero-order valence-corrected chi connectivity index (χ0v) is 13.6. The molecular formula is C19H28O. The largest absolute Gasteiger partial charge is 0.496 e. The fraction of sp³-hybridized carbons (Fsp3) is 0.474. The summed E-state index contributed by atoms with van der Waals surface area (Å²) in [7, 11) is 1.75. The van der Waals surface area contributed by atoms with Crippen LogP contribution in [0, 0.1) is 12.8 Å². The number of benzene rings is 1. The number of rotatable bonds is 7. The molecule has 0 aliphatic rings. The van der Waals surface area contributed by atoms with Crippen LogP contribution in [0.4, 0.5) is 0 Å². The molecule has 1 atom stereocenters. The molecule has 110 valence electrons. The van der Waals surface area contributed by atoms with Crippen molar-refractivity contribution in [2.24, 2.45) is 5.92 Å². The van der Waals surface area contributed by atoms with Crippen LogP contribution >= 0.6 is 0 Å². The predicted molar refractivity (Wildman–Crippen MR) is 88.6 cm³/mol. The van der Waals surface area contributed by atoms with Crippen molar-refractivity contribution >= 4 is 5.76 Å².